The highest BCUT2D eigenvalue weighted by Gasteiger charge is 2.10. The first-order chi connectivity index (χ1) is 11.8. The van der Waals surface area contributed by atoms with Crippen molar-refractivity contribution in [3.63, 3.8) is 0 Å². The van der Waals surface area contributed by atoms with Gasteiger partial charge in [-0.1, -0.05) is 17.8 Å². The molecule has 0 bridgehead atoms. The van der Waals surface area contributed by atoms with E-state index in [1.807, 2.05) is 30.3 Å². The lowest BCUT2D eigenvalue weighted by molar-refractivity contribution is 0.628. The molecule has 5 nitrogen and oxygen atoms in total. The number of aromatic nitrogens is 5. The molecule has 0 N–H and O–H groups in total. The van der Waals surface area contributed by atoms with Crippen LogP contribution in [-0.2, 0) is 5.75 Å². The maximum Gasteiger partial charge on any atom is 0.185 e. The minimum Gasteiger partial charge on any atom is -0.260 e. The van der Waals surface area contributed by atoms with Crippen molar-refractivity contribution in [2.24, 2.45) is 0 Å². The number of pyridine rings is 1. The second-order valence-electron chi connectivity index (χ2n) is 5.08. The highest BCUT2D eigenvalue weighted by Crippen LogP contribution is 2.22. The predicted molar refractivity (Wildman–Crippen MR) is 90.0 cm³/mol. The van der Waals surface area contributed by atoms with Gasteiger partial charge in [0.05, 0.1) is 5.69 Å². The van der Waals surface area contributed by atoms with Crippen LogP contribution < -0.4 is 0 Å². The van der Waals surface area contributed by atoms with E-state index < -0.39 is 0 Å². The van der Waals surface area contributed by atoms with Crippen molar-refractivity contribution in [2.75, 3.05) is 0 Å². The summed E-state index contributed by atoms with van der Waals surface area (Å²) in [4.78, 5) is 4.30. The van der Waals surface area contributed by atoms with Crippen LogP contribution in [0.4, 0.5) is 4.39 Å². The van der Waals surface area contributed by atoms with Gasteiger partial charge in [-0.15, -0.1) is 10.2 Å². The molecule has 118 valence electrons. The summed E-state index contributed by atoms with van der Waals surface area (Å²) in [6.07, 6.45) is 1.78. The van der Waals surface area contributed by atoms with E-state index in [2.05, 4.69) is 20.3 Å². The highest BCUT2D eigenvalue weighted by atomic mass is 32.2. The van der Waals surface area contributed by atoms with Gasteiger partial charge in [-0.3, -0.25) is 4.98 Å². The molecular weight excluding hydrogens is 325 g/mol. The van der Waals surface area contributed by atoms with Gasteiger partial charge in [0.15, 0.2) is 11.5 Å². The second-order valence-corrected chi connectivity index (χ2v) is 6.08. The molecule has 7 heteroatoms. The maximum absolute atomic E-state index is 13.1. The number of fused-ring (bicyclic) bond motifs is 1. The molecular formula is C17H12FN5S. The normalized spacial score (nSPS) is 11.0. The van der Waals surface area contributed by atoms with Crippen LogP contribution in [0.25, 0.3) is 17.0 Å². The third-order valence-electron chi connectivity index (χ3n) is 3.43. The third kappa shape index (κ3) is 2.98. The minimum absolute atomic E-state index is 0.285. The molecule has 4 aromatic rings. The fourth-order valence-corrected chi connectivity index (χ4v) is 3.03. The monoisotopic (exact) mass is 337 g/mol. The summed E-state index contributed by atoms with van der Waals surface area (Å²) >= 11 is 1.59. The molecule has 0 aliphatic carbocycles. The first-order valence-electron chi connectivity index (χ1n) is 7.31. The minimum atomic E-state index is -0.285. The number of hydrogen-bond acceptors (Lipinski definition) is 5. The number of halogens is 1. The molecule has 3 heterocycles. The lowest BCUT2D eigenvalue weighted by Crippen LogP contribution is -1.97. The van der Waals surface area contributed by atoms with E-state index in [1.54, 1.807) is 34.6 Å². The average Bonchev–Trinajstić information content (AvgIpc) is 3.05. The Morgan fingerprint density at radius 1 is 0.958 bits per heavy atom. The van der Waals surface area contributed by atoms with Crippen molar-refractivity contribution < 1.29 is 4.39 Å². The second kappa shape index (κ2) is 6.37. The molecule has 0 aliphatic rings. The van der Waals surface area contributed by atoms with E-state index >= 15 is 0 Å². The molecule has 24 heavy (non-hydrogen) atoms. The average molecular weight is 337 g/mol. The summed E-state index contributed by atoms with van der Waals surface area (Å²) < 4.78 is 14.8. The summed E-state index contributed by atoms with van der Waals surface area (Å²) in [7, 11) is 0. The zero-order valence-electron chi connectivity index (χ0n) is 12.5. The fraction of sp³-hybridized carbons (Fsp3) is 0.0588. The van der Waals surface area contributed by atoms with E-state index in [4.69, 9.17) is 0 Å². The molecule has 4 rings (SSSR count). The molecule has 0 fully saturated rings. The first kappa shape index (κ1) is 14.8. The Morgan fingerprint density at radius 2 is 1.83 bits per heavy atom. The molecule has 0 atom stereocenters. The summed E-state index contributed by atoms with van der Waals surface area (Å²) in [6, 6.07) is 15.7. The van der Waals surface area contributed by atoms with Crippen LogP contribution in [0.2, 0.25) is 0 Å². The Labute approximate surface area is 141 Å². The Bertz CT molecular complexity index is 969. The SMILES string of the molecule is Fc1ccc(-c2nnc3ccc(SCc4ccccn4)nn23)cc1. The van der Waals surface area contributed by atoms with Gasteiger partial charge in [-0.25, -0.2) is 4.39 Å². The Kier molecular flexibility index (Phi) is 3.92. The van der Waals surface area contributed by atoms with Gasteiger partial charge in [0.2, 0.25) is 0 Å². The number of hydrogen-bond donors (Lipinski definition) is 0. The maximum atomic E-state index is 13.1. The molecule has 0 saturated heterocycles. The van der Waals surface area contributed by atoms with Crippen LogP contribution >= 0.6 is 11.8 Å². The van der Waals surface area contributed by atoms with Crippen LogP contribution in [-0.4, -0.2) is 24.8 Å². The summed E-state index contributed by atoms with van der Waals surface area (Å²) in [5.74, 6) is 1.03. The Hall–Kier alpha value is -2.80. The van der Waals surface area contributed by atoms with Crippen molar-refractivity contribution in [3.05, 3.63) is 72.3 Å². The smallest absolute Gasteiger partial charge is 0.185 e. The zero-order chi connectivity index (χ0) is 16.4. The Balaban J connectivity index is 1.64. The van der Waals surface area contributed by atoms with E-state index in [-0.39, 0.29) is 5.82 Å². The van der Waals surface area contributed by atoms with Gasteiger partial charge in [-0.2, -0.15) is 9.61 Å². The largest absolute Gasteiger partial charge is 0.260 e. The fourth-order valence-electron chi connectivity index (χ4n) is 2.26. The van der Waals surface area contributed by atoms with Crippen molar-refractivity contribution in [1.29, 1.82) is 0 Å². The number of nitrogens with zero attached hydrogens (tertiary/aromatic N) is 5. The standard InChI is InChI=1S/C17H12FN5S/c18-13-6-4-12(5-7-13)17-21-20-15-8-9-16(22-23(15)17)24-11-14-3-1-2-10-19-14/h1-10H,11H2. The van der Waals surface area contributed by atoms with Crippen LogP contribution in [0.5, 0.6) is 0 Å². The van der Waals surface area contributed by atoms with Crippen LogP contribution in [0.1, 0.15) is 5.69 Å². The van der Waals surface area contributed by atoms with Gasteiger partial charge in [0, 0.05) is 17.5 Å². The molecule has 0 saturated carbocycles. The van der Waals surface area contributed by atoms with Gasteiger partial charge in [0.25, 0.3) is 0 Å². The van der Waals surface area contributed by atoms with Crippen LogP contribution in [0.15, 0.2) is 65.8 Å². The lowest BCUT2D eigenvalue weighted by atomic mass is 10.2. The number of benzene rings is 1. The molecule has 0 unspecified atom stereocenters. The van der Waals surface area contributed by atoms with E-state index in [0.717, 1.165) is 22.0 Å². The van der Waals surface area contributed by atoms with Gasteiger partial charge >= 0.3 is 0 Å². The number of thioether (sulfide) groups is 1. The number of rotatable bonds is 4. The molecule has 0 aliphatic heterocycles. The molecule has 0 amide bonds. The van der Waals surface area contributed by atoms with Crippen LogP contribution in [0.3, 0.4) is 0 Å². The van der Waals surface area contributed by atoms with Gasteiger partial charge in [-0.05, 0) is 48.5 Å². The van der Waals surface area contributed by atoms with Crippen molar-refractivity contribution >= 4 is 17.4 Å². The molecule has 0 radical (unpaired) electrons. The first-order valence-corrected chi connectivity index (χ1v) is 8.29. The Morgan fingerprint density at radius 3 is 2.62 bits per heavy atom. The quantitative estimate of drug-likeness (QED) is 0.532. The third-order valence-corrected chi connectivity index (χ3v) is 4.39. The van der Waals surface area contributed by atoms with Crippen molar-refractivity contribution in [3.8, 4) is 11.4 Å². The van der Waals surface area contributed by atoms with Gasteiger partial charge < -0.3 is 0 Å². The summed E-state index contributed by atoms with van der Waals surface area (Å²) in [5, 5.41) is 13.7. The summed E-state index contributed by atoms with van der Waals surface area (Å²) in [5.41, 5.74) is 2.41. The van der Waals surface area contributed by atoms with Crippen molar-refractivity contribution in [2.45, 2.75) is 10.8 Å². The topological polar surface area (TPSA) is 56.0 Å². The zero-order valence-corrected chi connectivity index (χ0v) is 13.3. The lowest BCUT2D eigenvalue weighted by Gasteiger charge is -2.03. The molecule has 0 spiro atoms. The van der Waals surface area contributed by atoms with Crippen molar-refractivity contribution in [1.82, 2.24) is 24.8 Å². The highest BCUT2D eigenvalue weighted by molar-refractivity contribution is 7.98. The van der Waals surface area contributed by atoms with E-state index in [0.29, 0.717) is 11.5 Å². The molecule has 1 aromatic carbocycles. The van der Waals surface area contributed by atoms with E-state index in [9.17, 15) is 4.39 Å². The van der Waals surface area contributed by atoms with Gasteiger partial charge in [0.1, 0.15) is 10.8 Å². The predicted octanol–water partition coefficient (Wildman–Crippen LogP) is 3.62. The van der Waals surface area contributed by atoms with Crippen LogP contribution in [0, 0.1) is 5.82 Å². The molecule has 3 aromatic heterocycles. The van der Waals surface area contributed by atoms with E-state index in [1.165, 1.54) is 12.1 Å². The summed E-state index contributed by atoms with van der Waals surface area (Å²) in [6.45, 7) is 0.